The monoisotopic (exact) mass is 340 g/mol. The first-order valence-electron chi connectivity index (χ1n) is 8.07. The van der Waals surface area contributed by atoms with E-state index >= 15 is 0 Å². The van der Waals surface area contributed by atoms with Crippen LogP contribution in [0.2, 0.25) is 0 Å². The van der Waals surface area contributed by atoms with E-state index in [1.807, 2.05) is 32.9 Å². The van der Waals surface area contributed by atoms with Gasteiger partial charge in [0.1, 0.15) is 6.04 Å². The van der Waals surface area contributed by atoms with Crippen LogP contribution in [0.3, 0.4) is 0 Å². The van der Waals surface area contributed by atoms with E-state index < -0.39 is 16.1 Å². The zero-order valence-corrected chi connectivity index (χ0v) is 15.5. The van der Waals surface area contributed by atoms with Crippen LogP contribution in [0.15, 0.2) is 24.3 Å². The van der Waals surface area contributed by atoms with Crippen molar-refractivity contribution in [1.29, 1.82) is 0 Å². The maximum Gasteiger partial charge on any atom is 0.244 e. The minimum atomic E-state index is -3.56. The third kappa shape index (κ3) is 5.53. The predicted molar refractivity (Wildman–Crippen MR) is 95.1 cm³/mol. The number of nitrogens with zero attached hydrogens (tertiary/aromatic N) is 1. The molecule has 0 radical (unpaired) electrons. The molecular weight excluding hydrogens is 312 g/mol. The number of sulfonamides is 1. The van der Waals surface area contributed by atoms with Crippen molar-refractivity contribution >= 4 is 21.6 Å². The first kappa shape index (κ1) is 19.5. The van der Waals surface area contributed by atoms with Gasteiger partial charge in [0.25, 0.3) is 0 Å². The summed E-state index contributed by atoms with van der Waals surface area (Å²) in [5, 5.41) is 2.92. The molecule has 0 heterocycles. The summed E-state index contributed by atoms with van der Waals surface area (Å²) in [6.45, 7) is 7.74. The van der Waals surface area contributed by atoms with E-state index in [0.717, 1.165) is 24.7 Å². The molecule has 0 fully saturated rings. The molecule has 0 aromatic heterocycles. The van der Waals surface area contributed by atoms with E-state index in [1.54, 1.807) is 12.1 Å². The summed E-state index contributed by atoms with van der Waals surface area (Å²) >= 11 is 0. The molecule has 6 heteroatoms. The van der Waals surface area contributed by atoms with Crippen molar-refractivity contribution < 1.29 is 13.2 Å². The number of benzene rings is 1. The van der Waals surface area contributed by atoms with Crippen LogP contribution in [0.1, 0.15) is 45.6 Å². The fourth-order valence-corrected chi connectivity index (χ4v) is 3.81. The van der Waals surface area contributed by atoms with Crippen molar-refractivity contribution in [2.45, 2.75) is 59.0 Å². The highest BCUT2D eigenvalue weighted by Gasteiger charge is 2.31. The lowest BCUT2D eigenvalue weighted by Crippen LogP contribution is -2.51. The van der Waals surface area contributed by atoms with Gasteiger partial charge in [0.15, 0.2) is 0 Å². The quantitative estimate of drug-likeness (QED) is 0.791. The van der Waals surface area contributed by atoms with Crippen molar-refractivity contribution in [3.8, 4) is 0 Å². The molecule has 2 atom stereocenters. The molecule has 0 saturated carbocycles. The molecule has 1 N–H and O–H groups in total. The molecular formula is C17H28N2O3S. The molecule has 1 amide bonds. The topological polar surface area (TPSA) is 66.5 Å². The van der Waals surface area contributed by atoms with Crippen LogP contribution in [-0.4, -0.2) is 32.7 Å². The number of hydrogen-bond donors (Lipinski definition) is 1. The van der Waals surface area contributed by atoms with Crippen LogP contribution >= 0.6 is 0 Å². The maximum atomic E-state index is 12.6. The number of carbonyl (C=O) groups is 1. The molecule has 1 rings (SSSR count). The van der Waals surface area contributed by atoms with Gasteiger partial charge < -0.3 is 5.32 Å². The minimum absolute atomic E-state index is 0.0287. The second-order valence-electron chi connectivity index (χ2n) is 6.02. The molecule has 0 saturated heterocycles. The van der Waals surface area contributed by atoms with Crippen molar-refractivity contribution in [3.63, 3.8) is 0 Å². The molecule has 0 aliphatic rings. The van der Waals surface area contributed by atoms with Gasteiger partial charge in [-0.1, -0.05) is 38.0 Å². The SMILES string of the molecule is CCC[C@H](C)NC(=O)[C@H](CC)N(c1ccc(C)cc1)S(C)(=O)=O. The Morgan fingerprint density at radius 1 is 1.22 bits per heavy atom. The first-order chi connectivity index (χ1) is 10.7. The van der Waals surface area contributed by atoms with Crippen LogP contribution < -0.4 is 9.62 Å². The lowest BCUT2D eigenvalue weighted by Gasteiger charge is -2.31. The molecule has 0 bridgehead atoms. The van der Waals surface area contributed by atoms with E-state index in [4.69, 9.17) is 0 Å². The summed E-state index contributed by atoms with van der Waals surface area (Å²) in [4.78, 5) is 12.6. The highest BCUT2D eigenvalue weighted by atomic mass is 32.2. The third-order valence-electron chi connectivity index (χ3n) is 3.73. The van der Waals surface area contributed by atoms with Gasteiger partial charge in [-0.05, 0) is 38.8 Å². The smallest absolute Gasteiger partial charge is 0.244 e. The van der Waals surface area contributed by atoms with E-state index in [9.17, 15) is 13.2 Å². The van der Waals surface area contributed by atoms with Gasteiger partial charge >= 0.3 is 0 Å². The van der Waals surface area contributed by atoms with Crippen molar-refractivity contribution in [2.75, 3.05) is 10.6 Å². The first-order valence-corrected chi connectivity index (χ1v) is 9.92. The van der Waals surface area contributed by atoms with Crippen LogP contribution in [-0.2, 0) is 14.8 Å². The second-order valence-corrected chi connectivity index (χ2v) is 7.88. The van der Waals surface area contributed by atoms with E-state index in [2.05, 4.69) is 12.2 Å². The summed E-state index contributed by atoms with van der Waals surface area (Å²) < 4.78 is 25.8. The molecule has 1 aromatic rings. The van der Waals surface area contributed by atoms with Gasteiger partial charge in [-0.25, -0.2) is 8.42 Å². The fourth-order valence-electron chi connectivity index (χ4n) is 2.60. The van der Waals surface area contributed by atoms with Gasteiger partial charge in [-0.3, -0.25) is 9.10 Å². The van der Waals surface area contributed by atoms with Gasteiger partial charge in [0.2, 0.25) is 15.9 Å². The van der Waals surface area contributed by atoms with Gasteiger partial charge in [-0.15, -0.1) is 0 Å². The molecule has 23 heavy (non-hydrogen) atoms. The zero-order chi connectivity index (χ0) is 17.6. The van der Waals surface area contributed by atoms with Crippen LogP contribution in [0.25, 0.3) is 0 Å². The molecule has 0 aliphatic carbocycles. The molecule has 0 spiro atoms. The number of hydrogen-bond acceptors (Lipinski definition) is 3. The maximum absolute atomic E-state index is 12.6. The number of rotatable bonds is 8. The molecule has 0 aliphatic heterocycles. The summed E-state index contributed by atoms with van der Waals surface area (Å²) in [7, 11) is -3.56. The Labute approximate surface area is 140 Å². The second kappa shape index (κ2) is 8.34. The van der Waals surface area contributed by atoms with E-state index in [0.29, 0.717) is 12.1 Å². The average Bonchev–Trinajstić information content (AvgIpc) is 2.44. The van der Waals surface area contributed by atoms with Crippen LogP contribution in [0.5, 0.6) is 0 Å². The Morgan fingerprint density at radius 3 is 2.22 bits per heavy atom. The van der Waals surface area contributed by atoms with Gasteiger partial charge in [0.05, 0.1) is 11.9 Å². The number of anilines is 1. The number of aryl methyl sites for hydroxylation is 1. The van der Waals surface area contributed by atoms with E-state index in [1.165, 1.54) is 4.31 Å². The molecule has 1 aromatic carbocycles. The number of nitrogens with one attached hydrogen (secondary N) is 1. The predicted octanol–water partition coefficient (Wildman–Crippen LogP) is 2.84. The van der Waals surface area contributed by atoms with Gasteiger partial charge in [0, 0.05) is 6.04 Å². The summed E-state index contributed by atoms with van der Waals surface area (Å²) in [5.41, 5.74) is 1.56. The van der Waals surface area contributed by atoms with Crippen LogP contribution in [0, 0.1) is 6.92 Å². The summed E-state index contributed by atoms with van der Waals surface area (Å²) in [5.74, 6) is -0.251. The highest BCUT2D eigenvalue weighted by molar-refractivity contribution is 7.92. The standard InChI is InChI=1S/C17H28N2O3S/c1-6-8-14(4)18-17(20)16(7-2)19(23(5,21)22)15-11-9-13(3)10-12-15/h9-12,14,16H,6-8H2,1-5H3,(H,18,20)/t14-,16-/m0/s1. The lowest BCUT2D eigenvalue weighted by molar-refractivity contribution is -0.122. The van der Waals surface area contributed by atoms with Crippen LogP contribution in [0.4, 0.5) is 5.69 Å². The lowest BCUT2D eigenvalue weighted by atomic mass is 10.1. The third-order valence-corrected chi connectivity index (χ3v) is 4.91. The van der Waals surface area contributed by atoms with Crippen molar-refractivity contribution in [3.05, 3.63) is 29.8 Å². The Kier molecular flexibility index (Phi) is 7.06. The van der Waals surface area contributed by atoms with Gasteiger partial charge in [-0.2, -0.15) is 0 Å². The van der Waals surface area contributed by atoms with Crippen molar-refractivity contribution in [1.82, 2.24) is 5.32 Å². The highest BCUT2D eigenvalue weighted by Crippen LogP contribution is 2.23. The minimum Gasteiger partial charge on any atom is -0.352 e. The Balaban J connectivity index is 3.13. The number of amides is 1. The van der Waals surface area contributed by atoms with E-state index in [-0.39, 0.29) is 11.9 Å². The molecule has 130 valence electrons. The Morgan fingerprint density at radius 2 is 1.78 bits per heavy atom. The summed E-state index contributed by atoms with van der Waals surface area (Å²) in [6.07, 6.45) is 3.38. The largest absolute Gasteiger partial charge is 0.352 e. The normalized spacial score (nSPS) is 14.1. The fraction of sp³-hybridized carbons (Fsp3) is 0.588. The molecule has 5 nitrogen and oxygen atoms in total. The average molecular weight is 340 g/mol. The Bertz CT molecular complexity index is 611. The summed E-state index contributed by atoms with van der Waals surface area (Å²) in [6, 6.07) is 6.45. The zero-order valence-electron chi connectivity index (χ0n) is 14.7. The molecule has 0 unspecified atom stereocenters. The number of carbonyl (C=O) groups excluding carboxylic acids is 1. The van der Waals surface area contributed by atoms with Crippen molar-refractivity contribution in [2.24, 2.45) is 0 Å². The Hall–Kier alpha value is -1.56.